The molecule has 0 aromatic heterocycles. The summed E-state index contributed by atoms with van der Waals surface area (Å²) in [7, 11) is 0. The fourth-order valence-corrected chi connectivity index (χ4v) is 3.50. The maximum Gasteiger partial charge on any atom is 0.232 e. The molecule has 4 nitrogen and oxygen atoms in total. The van der Waals surface area contributed by atoms with Crippen LogP contribution < -0.4 is 5.84 Å². The molecule has 4 rings (SSSR count). The van der Waals surface area contributed by atoms with Crippen molar-refractivity contribution >= 4 is 5.84 Å². The number of hydrazine groups is 1. The van der Waals surface area contributed by atoms with Crippen LogP contribution in [0.1, 0.15) is 27.8 Å². The van der Waals surface area contributed by atoms with Crippen molar-refractivity contribution in [1.29, 1.82) is 0 Å². The van der Waals surface area contributed by atoms with Gasteiger partial charge in [-0.25, -0.2) is 10.9 Å². The Bertz CT molecular complexity index is 736. The second-order valence-electron chi connectivity index (χ2n) is 6.32. The molecule has 0 saturated carbocycles. The normalized spacial score (nSPS) is 18.3. The van der Waals surface area contributed by atoms with E-state index in [0.717, 1.165) is 18.4 Å². The highest BCUT2D eigenvalue weighted by Crippen LogP contribution is 2.38. The summed E-state index contributed by atoms with van der Waals surface area (Å²) in [6.45, 7) is 4.16. The van der Waals surface area contributed by atoms with E-state index in [1.54, 1.807) is 5.01 Å². The fourth-order valence-electron chi connectivity index (χ4n) is 3.50. The van der Waals surface area contributed by atoms with Crippen LogP contribution in [0.25, 0.3) is 0 Å². The van der Waals surface area contributed by atoms with E-state index in [9.17, 15) is 0 Å². The lowest BCUT2D eigenvalue weighted by Crippen LogP contribution is -2.53. The lowest BCUT2D eigenvalue weighted by molar-refractivity contribution is -0.0910. The summed E-state index contributed by atoms with van der Waals surface area (Å²) in [4.78, 5) is 5.83. The number of nitrogens with zero attached hydrogens (tertiary/aromatic N) is 2. The Balaban J connectivity index is 1.67. The van der Waals surface area contributed by atoms with Gasteiger partial charge in [0, 0.05) is 18.4 Å². The summed E-state index contributed by atoms with van der Waals surface area (Å²) < 4.78 is 0. The number of amidine groups is 1. The van der Waals surface area contributed by atoms with E-state index in [0.29, 0.717) is 5.84 Å². The number of benzene rings is 2. The Kier molecular flexibility index (Phi) is 2.78. The average Bonchev–Trinajstić information content (AvgIpc) is 2.99. The molecule has 1 spiro atoms. The Morgan fingerprint density at radius 2 is 1.64 bits per heavy atom. The van der Waals surface area contributed by atoms with E-state index < -0.39 is 5.72 Å². The molecule has 4 heteroatoms. The van der Waals surface area contributed by atoms with Gasteiger partial charge in [0.05, 0.1) is 0 Å². The standard InChI is InChI=1S/C18H19N3O/c1-12-7-13(2)9-16(8-12)17-20-22-18(21(17)19)10-14-5-3-4-6-15(14)11-18/h3-9H,10-11,19H2,1-2H3. The minimum absolute atomic E-state index is 0.573. The fraction of sp³-hybridized carbons (Fsp3) is 0.278. The molecular formula is C18H19N3O. The van der Waals surface area contributed by atoms with Crippen LogP contribution in [0.2, 0.25) is 0 Å². The van der Waals surface area contributed by atoms with Crippen LogP contribution in [0, 0.1) is 13.8 Å². The van der Waals surface area contributed by atoms with E-state index in [-0.39, 0.29) is 0 Å². The molecular weight excluding hydrogens is 274 g/mol. The zero-order chi connectivity index (χ0) is 15.3. The van der Waals surface area contributed by atoms with Crippen LogP contribution in [0.15, 0.2) is 47.6 Å². The van der Waals surface area contributed by atoms with Gasteiger partial charge in [0.1, 0.15) is 0 Å². The van der Waals surface area contributed by atoms with Gasteiger partial charge < -0.3 is 4.84 Å². The first kappa shape index (κ1) is 13.3. The van der Waals surface area contributed by atoms with Gasteiger partial charge >= 0.3 is 0 Å². The maximum absolute atomic E-state index is 6.41. The van der Waals surface area contributed by atoms with Crippen LogP contribution in [0.4, 0.5) is 0 Å². The first-order chi connectivity index (χ1) is 10.6. The zero-order valence-corrected chi connectivity index (χ0v) is 12.8. The molecule has 0 bridgehead atoms. The van der Waals surface area contributed by atoms with Crippen molar-refractivity contribution in [3.05, 3.63) is 70.3 Å². The average molecular weight is 293 g/mol. The maximum atomic E-state index is 6.41. The van der Waals surface area contributed by atoms with Crippen molar-refractivity contribution in [3.63, 3.8) is 0 Å². The van der Waals surface area contributed by atoms with Crippen molar-refractivity contribution in [1.82, 2.24) is 5.01 Å². The largest absolute Gasteiger partial charge is 0.363 e. The van der Waals surface area contributed by atoms with Crippen LogP contribution >= 0.6 is 0 Å². The highest BCUT2D eigenvalue weighted by Gasteiger charge is 2.49. The van der Waals surface area contributed by atoms with Gasteiger partial charge in [-0.05, 0) is 37.1 Å². The molecule has 0 radical (unpaired) electrons. The molecule has 0 atom stereocenters. The molecule has 2 N–H and O–H groups in total. The lowest BCUT2D eigenvalue weighted by atomic mass is 10.0. The van der Waals surface area contributed by atoms with Gasteiger partial charge in [0.2, 0.25) is 5.72 Å². The molecule has 1 aliphatic heterocycles. The number of nitrogens with two attached hydrogens (primary N) is 1. The number of hydrogen-bond acceptors (Lipinski definition) is 4. The van der Waals surface area contributed by atoms with Gasteiger partial charge in [-0.15, -0.1) is 0 Å². The second kappa shape index (κ2) is 4.58. The van der Waals surface area contributed by atoms with E-state index in [4.69, 9.17) is 10.7 Å². The van der Waals surface area contributed by atoms with Gasteiger partial charge in [-0.3, -0.25) is 0 Å². The molecule has 1 aliphatic carbocycles. The molecule has 22 heavy (non-hydrogen) atoms. The Labute approximate surface area is 130 Å². The SMILES string of the molecule is Cc1cc(C)cc(C2=NOC3(Cc4ccccc4C3)N2N)c1. The monoisotopic (exact) mass is 293 g/mol. The third kappa shape index (κ3) is 1.91. The third-order valence-corrected chi connectivity index (χ3v) is 4.50. The topological polar surface area (TPSA) is 50.8 Å². The van der Waals surface area contributed by atoms with E-state index >= 15 is 0 Å². The van der Waals surface area contributed by atoms with Crippen LogP contribution in [0.5, 0.6) is 0 Å². The highest BCUT2D eigenvalue weighted by atomic mass is 16.7. The minimum atomic E-state index is -0.573. The van der Waals surface area contributed by atoms with Crippen molar-refractivity contribution in [2.45, 2.75) is 32.4 Å². The van der Waals surface area contributed by atoms with Gasteiger partial charge in [-0.2, -0.15) is 0 Å². The number of oxime groups is 1. The predicted molar refractivity (Wildman–Crippen MR) is 86.1 cm³/mol. The molecule has 2 aromatic carbocycles. The predicted octanol–water partition coefficient (Wildman–Crippen LogP) is 2.67. The summed E-state index contributed by atoms with van der Waals surface area (Å²) in [6.07, 6.45) is 1.52. The smallest absolute Gasteiger partial charge is 0.232 e. The molecule has 2 aromatic rings. The number of rotatable bonds is 1. The van der Waals surface area contributed by atoms with E-state index in [1.165, 1.54) is 22.3 Å². The summed E-state index contributed by atoms with van der Waals surface area (Å²) in [5.41, 5.74) is 5.40. The lowest BCUT2D eigenvalue weighted by Gasteiger charge is -2.30. The molecule has 112 valence electrons. The van der Waals surface area contributed by atoms with Gasteiger partial charge in [0.25, 0.3) is 0 Å². The quantitative estimate of drug-likeness (QED) is 0.822. The van der Waals surface area contributed by atoms with Crippen LogP contribution in [-0.2, 0) is 17.7 Å². The highest BCUT2D eigenvalue weighted by molar-refractivity contribution is 5.99. The summed E-state index contributed by atoms with van der Waals surface area (Å²) in [6, 6.07) is 14.7. The Hall–Kier alpha value is -2.33. The van der Waals surface area contributed by atoms with Crippen LogP contribution in [0.3, 0.4) is 0 Å². The Morgan fingerprint density at radius 1 is 1.05 bits per heavy atom. The molecule has 0 saturated heterocycles. The van der Waals surface area contributed by atoms with E-state index in [1.807, 2.05) is 0 Å². The van der Waals surface area contributed by atoms with Crippen molar-refractivity contribution in [2.75, 3.05) is 0 Å². The van der Waals surface area contributed by atoms with Gasteiger partial charge in [-0.1, -0.05) is 46.6 Å². The minimum Gasteiger partial charge on any atom is -0.363 e. The van der Waals surface area contributed by atoms with Gasteiger partial charge in [0.15, 0.2) is 5.84 Å². The van der Waals surface area contributed by atoms with Crippen molar-refractivity contribution in [2.24, 2.45) is 11.0 Å². The molecule has 2 aliphatic rings. The first-order valence-corrected chi connectivity index (χ1v) is 7.54. The third-order valence-electron chi connectivity index (χ3n) is 4.50. The molecule has 1 heterocycles. The Morgan fingerprint density at radius 3 is 2.23 bits per heavy atom. The summed E-state index contributed by atoms with van der Waals surface area (Å²) >= 11 is 0. The van der Waals surface area contributed by atoms with Crippen molar-refractivity contribution < 1.29 is 4.84 Å². The van der Waals surface area contributed by atoms with Crippen LogP contribution in [-0.4, -0.2) is 16.6 Å². The molecule has 0 unspecified atom stereocenters. The zero-order valence-electron chi connectivity index (χ0n) is 12.8. The molecule has 0 fully saturated rings. The van der Waals surface area contributed by atoms with Crippen molar-refractivity contribution in [3.8, 4) is 0 Å². The summed E-state index contributed by atoms with van der Waals surface area (Å²) in [5, 5.41) is 6.01. The second-order valence-corrected chi connectivity index (χ2v) is 6.32. The first-order valence-electron chi connectivity index (χ1n) is 7.54. The number of aryl methyl sites for hydroxylation is 2. The van der Waals surface area contributed by atoms with E-state index in [2.05, 4.69) is 61.5 Å². The molecule has 0 amide bonds. The summed E-state index contributed by atoms with van der Waals surface area (Å²) in [5.74, 6) is 7.12. The number of fused-ring (bicyclic) bond motifs is 1. The number of hydrogen-bond donors (Lipinski definition) is 1.